The molecule has 0 saturated heterocycles. The van der Waals surface area contributed by atoms with E-state index in [4.69, 9.17) is 19.8 Å². The van der Waals surface area contributed by atoms with Crippen LogP contribution in [0.3, 0.4) is 0 Å². The quantitative estimate of drug-likeness (QED) is 0.688. The van der Waals surface area contributed by atoms with E-state index in [1.807, 2.05) is 11.3 Å². The minimum absolute atomic E-state index is 0.309. The van der Waals surface area contributed by atoms with Crippen LogP contribution in [0, 0.1) is 0 Å². The normalized spacial score (nSPS) is 15.5. The van der Waals surface area contributed by atoms with Crippen LogP contribution in [-0.2, 0) is 21.5 Å². The predicted molar refractivity (Wildman–Crippen MR) is 112 cm³/mol. The highest BCUT2D eigenvalue weighted by Crippen LogP contribution is 2.43. The standard InChI is InChI=1S/C20H27NS.C2H2O4/c1-21(16-8-12-18-10-4-2-5-11-18)20(14-6-3-7-15-20)19-13-9-17-22-19;3-1(4)2(5)6/h2,4-5,9-11,13,17H,3,6-8,12,14-16H2,1H3;(H,3,4)(H,5,6). The molecule has 3 rings (SSSR count). The summed E-state index contributed by atoms with van der Waals surface area (Å²) in [4.78, 5) is 22.4. The Morgan fingerprint density at radius 2 is 1.64 bits per heavy atom. The monoisotopic (exact) mass is 403 g/mol. The first-order chi connectivity index (χ1) is 13.5. The van der Waals surface area contributed by atoms with Crippen molar-refractivity contribution in [2.75, 3.05) is 13.6 Å². The van der Waals surface area contributed by atoms with E-state index in [-0.39, 0.29) is 0 Å². The molecule has 0 atom stereocenters. The molecule has 1 heterocycles. The summed E-state index contributed by atoms with van der Waals surface area (Å²) >= 11 is 1.94. The zero-order chi connectivity index (χ0) is 20.4. The van der Waals surface area contributed by atoms with E-state index in [0.717, 1.165) is 0 Å². The number of nitrogens with zero attached hydrogens (tertiary/aromatic N) is 1. The number of aryl methyl sites for hydroxylation is 1. The van der Waals surface area contributed by atoms with Gasteiger partial charge in [-0.25, -0.2) is 9.59 Å². The smallest absolute Gasteiger partial charge is 0.414 e. The van der Waals surface area contributed by atoms with Crippen molar-refractivity contribution in [1.82, 2.24) is 4.90 Å². The van der Waals surface area contributed by atoms with Crippen molar-refractivity contribution < 1.29 is 19.8 Å². The van der Waals surface area contributed by atoms with E-state index in [2.05, 4.69) is 59.8 Å². The van der Waals surface area contributed by atoms with Gasteiger partial charge in [-0.3, -0.25) is 4.90 Å². The minimum Gasteiger partial charge on any atom is -0.473 e. The molecule has 1 aromatic heterocycles. The number of thiophene rings is 1. The fourth-order valence-electron chi connectivity index (χ4n) is 3.88. The molecule has 1 aliphatic rings. The van der Waals surface area contributed by atoms with Crippen LogP contribution < -0.4 is 0 Å². The van der Waals surface area contributed by atoms with Gasteiger partial charge in [0.25, 0.3) is 0 Å². The average Bonchev–Trinajstić information content (AvgIpc) is 3.25. The lowest BCUT2D eigenvalue weighted by atomic mass is 9.79. The van der Waals surface area contributed by atoms with Gasteiger partial charge in [0.2, 0.25) is 0 Å². The Hall–Kier alpha value is -2.18. The van der Waals surface area contributed by atoms with E-state index in [1.165, 1.54) is 57.1 Å². The summed E-state index contributed by atoms with van der Waals surface area (Å²) in [5.74, 6) is -3.65. The molecule has 152 valence electrons. The lowest BCUT2D eigenvalue weighted by Crippen LogP contribution is -2.45. The lowest BCUT2D eigenvalue weighted by molar-refractivity contribution is -0.159. The van der Waals surface area contributed by atoms with Gasteiger partial charge < -0.3 is 10.2 Å². The van der Waals surface area contributed by atoms with Crippen LogP contribution >= 0.6 is 11.3 Å². The number of benzene rings is 1. The van der Waals surface area contributed by atoms with Crippen molar-refractivity contribution in [3.63, 3.8) is 0 Å². The number of hydrogen-bond donors (Lipinski definition) is 2. The van der Waals surface area contributed by atoms with Gasteiger partial charge in [-0.05, 0) is 56.3 Å². The molecule has 2 N–H and O–H groups in total. The van der Waals surface area contributed by atoms with Crippen molar-refractivity contribution in [3.05, 3.63) is 58.3 Å². The second-order valence-corrected chi connectivity index (χ2v) is 8.14. The number of carboxylic acid groups (broad SMARTS) is 2. The van der Waals surface area contributed by atoms with E-state index >= 15 is 0 Å². The molecule has 0 spiro atoms. The zero-order valence-electron chi connectivity index (χ0n) is 16.3. The fraction of sp³-hybridized carbons (Fsp3) is 0.455. The van der Waals surface area contributed by atoms with Gasteiger partial charge in [0.05, 0.1) is 5.54 Å². The molecular weight excluding hydrogens is 374 g/mol. The van der Waals surface area contributed by atoms with Gasteiger partial charge in [-0.15, -0.1) is 11.3 Å². The Balaban J connectivity index is 0.000000409. The third-order valence-electron chi connectivity index (χ3n) is 5.38. The van der Waals surface area contributed by atoms with Crippen LogP contribution in [-0.4, -0.2) is 40.6 Å². The number of hydrogen-bond acceptors (Lipinski definition) is 4. The van der Waals surface area contributed by atoms with E-state index in [1.54, 1.807) is 4.88 Å². The van der Waals surface area contributed by atoms with Crippen LogP contribution in [0.5, 0.6) is 0 Å². The molecule has 1 aliphatic carbocycles. The molecule has 6 heteroatoms. The summed E-state index contributed by atoms with van der Waals surface area (Å²) in [6, 6.07) is 15.5. The first-order valence-corrected chi connectivity index (χ1v) is 10.6. The van der Waals surface area contributed by atoms with E-state index in [0.29, 0.717) is 5.54 Å². The van der Waals surface area contributed by atoms with Gasteiger partial charge in [0, 0.05) is 4.88 Å². The molecule has 0 radical (unpaired) electrons. The maximum Gasteiger partial charge on any atom is 0.414 e. The Kier molecular flexibility index (Phi) is 8.67. The van der Waals surface area contributed by atoms with Crippen molar-refractivity contribution in [1.29, 1.82) is 0 Å². The van der Waals surface area contributed by atoms with Crippen molar-refractivity contribution in [2.24, 2.45) is 0 Å². The van der Waals surface area contributed by atoms with Crippen LogP contribution in [0.25, 0.3) is 0 Å². The number of carboxylic acids is 2. The maximum absolute atomic E-state index is 9.10. The number of carbonyl (C=O) groups is 2. The Morgan fingerprint density at radius 1 is 1.00 bits per heavy atom. The van der Waals surface area contributed by atoms with Gasteiger partial charge in [-0.1, -0.05) is 55.7 Å². The molecule has 0 amide bonds. The second-order valence-electron chi connectivity index (χ2n) is 7.19. The van der Waals surface area contributed by atoms with Crippen LogP contribution in [0.1, 0.15) is 49.0 Å². The molecular formula is C22H29NO4S. The molecule has 2 aromatic rings. The summed E-state index contributed by atoms with van der Waals surface area (Å²) in [6.45, 7) is 1.19. The van der Waals surface area contributed by atoms with Crippen molar-refractivity contribution >= 4 is 23.3 Å². The largest absolute Gasteiger partial charge is 0.473 e. The van der Waals surface area contributed by atoms with Gasteiger partial charge in [-0.2, -0.15) is 0 Å². The molecule has 28 heavy (non-hydrogen) atoms. The Labute approximate surface area is 170 Å². The SMILES string of the molecule is CN(CCCc1ccccc1)C1(c2cccs2)CCCCC1.O=C(O)C(=O)O. The molecule has 5 nitrogen and oxygen atoms in total. The van der Waals surface area contributed by atoms with Crippen LogP contribution in [0.15, 0.2) is 47.8 Å². The third kappa shape index (κ3) is 6.17. The fourth-order valence-corrected chi connectivity index (χ4v) is 4.92. The summed E-state index contributed by atoms with van der Waals surface area (Å²) in [7, 11) is 2.34. The number of aliphatic carboxylic acids is 2. The lowest BCUT2D eigenvalue weighted by Gasteiger charge is -2.44. The second kappa shape index (κ2) is 11.0. The molecule has 0 aliphatic heterocycles. The first-order valence-electron chi connectivity index (χ1n) is 9.71. The molecule has 1 fully saturated rings. The Morgan fingerprint density at radius 3 is 2.18 bits per heavy atom. The zero-order valence-corrected chi connectivity index (χ0v) is 17.2. The highest BCUT2D eigenvalue weighted by atomic mass is 32.1. The van der Waals surface area contributed by atoms with Crippen LogP contribution in [0.2, 0.25) is 0 Å². The van der Waals surface area contributed by atoms with E-state index in [9.17, 15) is 0 Å². The van der Waals surface area contributed by atoms with Gasteiger partial charge in [0.15, 0.2) is 0 Å². The molecule has 1 aromatic carbocycles. The number of rotatable bonds is 6. The first kappa shape index (κ1) is 22.1. The summed E-state index contributed by atoms with van der Waals surface area (Å²) < 4.78 is 0. The summed E-state index contributed by atoms with van der Waals surface area (Å²) in [5, 5.41) is 17.0. The van der Waals surface area contributed by atoms with Crippen molar-refractivity contribution in [3.8, 4) is 0 Å². The summed E-state index contributed by atoms with van der Waals surface area (Å²) in [6.07, 6.45) is 9.25. The highest BCUT2D eigenvalue weighted by molar-refractivity contribution is 7.10. The average molecular weight is 404 g/mol. The van der Waals surface area contributed by atoms with E-state index < -0.39 is 11.9 Å². The summed E-state index contributed by atoms with van der Waals surface area (Å²) in [5.41, 5.74) is 1.77. The van der Waals surface area contributed by atoms with Crippen molar-refractivity contribution in [2.45, 2.75) is 50.5 Å². The maximum atomic E-state index is 9.10. The van der Waals surface area contributed by atoms with Gasteiger partial charge >= 0.3 is 11.9 Å². The third-order valence-corrected chi connectivity index (χ3v) is 6.44. The highest BCUT2D eigenvalue weighted by Gasteiger charge is 2.38. The Bertz CT molecular complexity index is 712. The van der Waals surface area contributed by atoms with Crippen LogP contribution in [0.4, 0.5) is 0 Å². The predicted octanol–water partition coefficient (Wildman–Crippen LogP) is 4.63. The molecule has 0 unspecified atom stereocenters. The molecule has 0 bridgehead atoms. The minimum atomic E-state index is -1.82. The van der Waals surface area contributed by atoms with Gasteiger partial charge in [0.1, 0.15) is 0 Å². The molecule has 1 saturated carbocycles. The topological polar surface area (TPSA) is 77.8 Å².